The van der Waals surface area contributed by atoms with E-state index in [0.717, 1.165) is 12.0 Å². The molecule has 2 rings (SSSR count). The lowest BCUT2D eigenvalue weighted by atomic mass is 10.0. The molecule has 0 radical (unpaired) electrons. The Hall–Kier alpha value is -1.84. The molecule has 19 heavy (non-hydrogen) atoms. The van der Waals surface area contributed by atoms with Gasteiger partial charge in [0.05, 0.1) is 0 Å². The van der Waals surface area contributed by atoms with Crippen molar-refractivity contribution in [3.63, 3.8) is 0 Å². The van der Waals surface area contributed by atoms with Crippen LogP contribution in [0.1, 0.15) is 30.4 Å². The molecule has 1 aromatic rings. The monoisotopic (exact) mass is 261 g/mol. The molecular formula is C15H19NO3. The number of carboxylic acid groups (broad SMARTS) is 1. The van der Waals surface area contributed by atoms with Gasteiger partial charge in [-0.25, -0.2) is 4.79 Å². The van der Waals surface area contributed by atoms with Crippen LogP contribution in [-0.2, 0) is 16.0 Å². The van der Waals surface area contributed by atoms with Crippen molar-refractivity contribution in [2.45, 2.75) is 38.6 Å². The van der Waals surface area contributed by atoms with Gasteiger partial charge in [0, 0.05) is 13.0 Å². The molecular weight excluding hydrogens is 242 g/mol. The zero-order valence-corrected chi connectivity index (χ0v) is 11.1. The summed E-state index contributed by atoms with van der Waals surface area (Å²) in [6, 6.07) is 7.35. The molecule has 1 saturated heterocycles. The number of carbonyl (C=O) groups is 2. The third-order valence-electron chi connectivity index (χ3n) is 3.73. The molecule has 4 nitrogen and oxygen atoms in total. The maximum absolute atomic E-state index is 12.1. The second kappa shape index (κ2) is 5.87. The van der Waals surface area contributed by atoms with Crippen molar-refractivity contribution < 1.29 is 14.7 Å². The highest BCUT2D eigenvalue weighted by atomic mass is 16.4. The average molecular weight is 261 g/mol. The molecule has 1 aliphatic rings. The molecule has 1 aliphatic heterocycles. The zero-order valence-electron chi connectivity index (χ0n) is 11.1. The smallest absolute Gasteiger partial charge is 0.326 e. The molecule has 0 aliphatic carbocycles. The van der Waals surface area contributed by atoms with Gasteiger partial charge in [-0.15, -0.1) is 0 Å². The van der Waals surface area contributed by atoms with Gasteiger partial charge in [0.1, 0.15) is 6.04 Å². The van der Waals surface area contributed by atoms with Crippen molar-refractivity contribution in [3.8, 4) is 0 Å². The minimum atomic E-state index is -0.887. The molecule has 0 saturated carbocycles. The molecule has 1 atom stereocenters. The lowest BCUT2D eigenvalue weighted by molar-refractivity contribution is -0.148. The van der Waals surface area contributed by atoms with Crippen LogP contribution in [0.4, 0.5) is 0 Å². The number of likely N-dealkylation sites (tertiary alicyclic amines) is 1. The number of benzene rings is 1. The van der Waals surface area contributed by atoms with E-state index in [1.807, 2.05) is 31.2 Å². The molecule has 4 heteroatoms. The van der Waals surface area contributed by atoms with Crippen LogP contribution in [0.2, 0.25) is 0 Å². The van der Waals surface area contributed by atoms with Crippen molar-refractivity contribution in [3.05, 3.63) is 35.4 Å². The summed E-state index contributed by atoms with van der Waals surface area (Å²) >= 11 is 0. The molecule has 1 aromatic carbocycles. The molecule has 1 amide bonds. The summed E-state index contributed by atoms with van der Waals surface area (Å²) in [5.41, 5.74) is 2.33. The standard InChI is InChI=1S/C15H19NO3/c1-11-5-2-3-6-12(11)8-9-14(17)16-10-4-7-13(16)15(18)19/h2-3,5-6,13H,4,7-10H2,1H3,(H,18,19)/t13-/m1/s1. The average Bonchev–Trinajstić information content (AvgIpc) is 2.87. The van der Waals surface area contributed by atoms with Crippen LogP contribution >= 0.6 is 0 Å². The topological polar surface area (TPSA) is 57.6 Å². The molecule has 0 unspecified atom stereocenters. The minimum Gasteiger partial charge on any atom is -0.480 e. The second-order valence-electron chi connectivity index (χ2n) is 5.01. The lowest BCUT2D eigenvalue weighted by Gasteiger charge is -2.21. The predicted octanol–water partition coefficient (Wildman–Crippen LogP) is 2.00. The van der Waals surface area contributed by atoms with Crippen molar-refractivity contribution in [2.24, 2.45) is 0 Å². The number of nitrogens with zero attached hydrogens (tertiary/aromatic N) is 1. The van der Waals surface area contributed by atoms with E-state index in [1.54, 1.807) is 0 Å². The Morgan fingerprint density at radius 2 is 2.11 bits per heavy atom. The van der Waals surface area contributed by atoms with Gasteiger partial charge in [0.2, 0.25) is 5.91 Å². The number of amides is 1. The van der Waals surface area contributed by atoms with Crippen LogP contribution in [0.25, 0.3) is 0 Å². The highest BCUT2D eigenvalue weighted by molar-refractivity contribution is 5.84. The van der Waals surface area contributed by atoms with Gasteiger partial charge in [0.15, 0.2) is 0 Å². The molecule has 1 heterocycles. The molecule has 1 fully saturated rings. The first-order chi connectivity index (χ1) is 9.09. The van der Waals surface area contributed by atoms with Gasteiger partial charge >= 0.3 is 5.97 Å². The normalized spacial score (nSPS) is 18.6. The van der Waals surface area contributed by atoms with E-state index in [2.05, 4.69) is 0 Å². The number of hydrogen-bond donors (Lipinski definition) is 1. The first-order valence-electron chi connectivity index (χ1n) is 6.66. The van der Waals surface area contributed by atoms with Crippen LogP contribution < -0.4 is 0 Å². The summed E-state index contributed by atoms with van der Waals surface area (Å²) in [4.78, 5) is 24.7. The summed E-state index contributed by atoms with van der Waals surface area (Å²) in [5, 5.41) is 9.07. The Kier molecular flexibility index (Phi) is 4.20. The van der Waals surface area contributed by atoms with Crippen LogP contribution in [0.5, 0.6) is 0 Å². The summed E-state index contributed by atoms with van der Waals surface area (Å²) in [5.74, 6) is -0.935. The van der Waals surface area contributed by atoms with Gasteiger partial charge in [-0.1, -0.05) is 24.3 Å². The zero-order chi connectivity index (χ0) is 13.8. The summed E-state index contributed by atoms with van der Waals surface area (Å²) in [7, 11) is 0. The van der Waals surface area contributed by atoms with Gasteiger partial charge in [-0.3, -0.25) is 4.79 Å². The fourth-order valence-corrected chi connectivity index (χ4v) is 2.60. The Labute approximate surface area is 113 Å². The fourth-order valence-electron chi connectivity index (χ4n) is 2.60. The fraction of sp³-hybridized carbons (Fsp3) is 0.467. The highest BCUT2D eigenvalue weighted by Crippen LogP contribution is 2.19. The molecule has 0 aromatic heterocycles. The Morgan fingerprint density at radius 1 is 1.37 bits per heavy atom. The number of aliphatic carboxylic acids is 1. The van der Waals surface area contributed by atoms with Crippen molar-refractivity contribution in [2.75, 3.05) is 6.54 Å². The number of carbonyl (C=O) groups excluding carboxylic acids is 1. The van der Waals surface area contributed by atoms with E-state index < -0.39 is 12.0 Å². The lowest BCUT2D eigenvalue weighted by Crippen LogP contribution is -2.40. The number of aryl methyl sites for hydroxylation is 2. The van der Waals surface area contributed by atoms with E-state index in [1.165, 1.54) is 10.5 Å². The SMILES string of the molecule is Cc1ccccc1CCC(=O)N1CCC[C@@H]1C(=O)O. The quantitative estimate of drug-likeness (QED) is 0.902. The van der Waals surface area contributed by atoms with Gasteiger partial charge in [-0.2, -0.15) is 0 Å². The van der Waals surface area contributed by atoms with Crippen molar-refractivity contribution >= 4 is 11.9 Å². The van der Waals surface area contributed by atoms with Crippen molar-refractivity contribution in [1.29, 1.82) is 0 Å². The molecule has 102 valence electrons. The summed E-state index contributed by atoms with van der Waals surface area (Å²) in [6.45, 7) is 2.60. The van der Waals surface area contributed by atoms with E-state index in [0.29, 0.717) is 25.8 Å². The van der Waals surface area contributed by atoms with E-state index >= 15 is 0 Å². The first-order valence-corrected chi connectivity index (χ1v) is 6.66. The van der Waals surface area contributed by atoms with Crippen molar-refractivity contribution in [1.82, 2.24) is 4.90 Å². The Bertz CT molecular complexity index is 484. The largest absolute Gasteiger partial charge is 0.480 e. The maximum Gasteiger partial charge on any atom is 0.326 e. The number of carboxylic acids is 1. The number of hydrogen-bond acceptors (Lipinski definition) is 2. The molecule has 0 spiro atoms. The predicted molar refractivity (Wildman–Crippen MR) is 71.9 cm³/mol. The second-order valence-corrected chi connectivity index (χ2v) is 5.01. The third-order valence-corrected chi connectivity index (χ3v) is 3.73. The first kappa shape index (κ1) is 13.6. The maximum atomic E-state index is 12.1. The van der Waals surface area contributed by atoms with E-state index in [9.17, 15) is 9.59 Å². The van der Waals surface area contributed by atoms with Crippen LogP contribution in [0, 0.1) is 6.92 Å². The summed E-state index contributed by atoms with van der Waals surface area (Å²) in [6.07, 6.45) is 2.42. The third kappa shape index (κ3) is 3.13. The molecule has 0 bridgehead atoms. The van der Waals surface area contributed by atoms with Crippen LogP contribution in [-0.4, -0.2) is 34.5 Å². The van der Waals surface area contributed by atoms with Gasteiger partial charge in [0.25, 0.3) is 0 Å². The van der Waals surface area contributed by atoms with Crippen LogP contribution in [0.3, 0.4) is 0 Å². The minimum absolute atomic E-state index is 0.0480. The van der Waals surface area contributed by atoms with Gasteiger partial charge in [-0.05, 0) is 37.3 Å². The van der Waals surface area contributed by atoms with E-state index in [-0.39, 0.29) is 5.91 Å². The summed E-state index contributed by atoms with van der Waals surface area (Å²) < 4.78 is 0. The Morgan fingerprint density at radius 3 is 2.79 bits per heavy atom. The Balaban J connectivity index is 1.95. The molecule has 1 N–H and O–H groups in total. The van der Waals surface area contributed by atoms with E-state index in [4.69, 9.17) is 5.11 Å². The van der Waals surface area contributed by atoms with Gasteiger partial charge < -0.3 is 10.0 Å². The highest BCUT2D eigenvalue weighted by Gasteiger charge is 2.33. The van der Waals surface area contributed by atoms with Crippen LogP contribution in [0.15, 0.2) is 24.3 Å². The number of rotatable bonds is 4.